The van der Waals surface area contributed by atoms with E-state index in [0.717, 1.165) is 64.4 Å². The average Bonchev–Trinajstić information content (AvgIpc) is 1.64. The summed E-state index contributed by atoms with van der Waals surface area (Å²) in [5.41, 5.74) is -1.81. The Hall–Kier alpha value is -8.09. The zero-order valence-corrected chi connectivity index (χ0v) is 65.9. The minimum Gasteiger partial charge on any atom is -0.443 e. The first-order valence-electron chi connectivity index (χ1n) is 35.2. The van der Waals surface area contributed by atoms with Gasteiger partial charge in [0, 0.05) is 50.2 Å². The second-order valence-corrected chi connectivity index (χ2v) is 32.0. The number of carbonyl (C=O) groups excluding carboxylic acids is 4. The fraction of sp³-hybridized carbons (Fsp3) is 0.672. The second-order valence-electron chi connectivity index (χ2n) is 30.8. The predicted molar refractivity (Wildman–Crippen MR) is 389 cm³/mol. The Balaban J connectivity index is 0.000000169. The van der Waals surface area contributed by atoms with E-state index in [4.69, 9.17) is 69.5 Å². The molecular weight excluding hydrogens is 1540 g/mol. The quantitative estimate of drug-likeness (QED) is 0.0729. The molecule has 4 amide bonds. The lowest BCUT2D eigenvalue weighted by Crippen LogP contribution is -2.47. The summed E-state index contributed by atoms with van der Waals surface area (Å²) in [6, 6.07) is 1.04. The number of rotatable bonds is 11. The van der Waals surface area contributed by atoms with Crippen LogP contribution in [0.1, 0.15) is 173 Å². The lowest BCUT2D eigenvalue weighted by Gasteiger charge is -2.35. The van der Waals surface area contributed by atoms with Gasteiger partial charge in [-0.1, -0.05) is 0 Å². The van der Waals surface area contributed by atoms with Crippen molar-refractivity contribution < 1.29 is 92.7 Å². The molecule has 598 valence electrons. The maximum atomic E-state index is 14.0. The lowest BCUT2D eigenvalue weighted by molar-refractivity contribution is 0.00578. The topological polar surface area (TPSA) is 361 Å². The molecule has 33 nitrogen and oxygen atoms in total. The standard InChI is InChI=1S/C21H32BF2N3O6.C18H22F2N8O2.C15H20BrF2N3O4.C13H18ClN5O2/c1-18(2,3)30-16(28)27(17(29)31-19(4,5)6)15-25-11-12(13(26-15)14(23)24)22-32-20(7,8)21(9,10)33-22;19-14(20)13-12(7-22-16(21)23-13)15-24-17(27-3-5-29-6-4-27)26-18(25-15)28-10-1-2-11(28)9-30-8-10;1-14(2,3)24-12(22)21(13(23)25-15(4,5)6)11-19-7-8(16)9(20-11)10(17)18;14-11-15-12(18-3-5-20-6-4-18)17-13(16-11)19-9-1-2-10(19)8-21-7-9/h11,14H,1-10H3;7,10-11,14H,1-6,8-9H2,(H2,21,22,23);7,10H,1-6H3;9-10H,1-8H2. The largest absolute Gasteiger partial charge is 0.498 e. The molecule has 12 rings (SSSR count). The van der Waals surface area contributed by atoms with Crippen LogP contribution in [0.15, 0.2) is 23.1 Å². The van der Waals surface area contributed by atoms with E-state index < -0.39 is 113 Å². The minimum atomic E-state index is -3.07. The molecule has 109 heavy (non-hydrogen) atoms. The maximum absolute atomic E-state index is 14.0. The number of nitrogens with zero attached hydrogens (tertiary/aromatic N) is 18. The minimum absolute atomic E-state index is 0.0537. The summed E-state index contributed by atoms with van der Waals surface area (Å²) in [6.07, 6.45) is -5.92. The van der Waals surface area contributed by atoms with Crippen LogP contribution in [-0.4, -0.2) is 228 Å². The van der Waals surface area contributed by atoms with Crippen LogP contribution in [0, 0.1) is 0 Å². The van der Waals surface area contributed by atoms with E-state index in [1.807, 2.05) is 4.90 Å². The van der Waals surface area contributed by atoms with Gasteiger partial charge in [0.25, 0.3) is 19.3 Å². The van der Waals surface area contributed by atoms with Crippen LogP contribution in [0.2, 0.25) is 5.28 Å². The zero-order chi connectivity index (χ0) is 80.0. The van der Waals surface area contributed by atoms with Crippen LogP contribution in [0.3, 0.4) is 0 Å². The van der Waals surface area contributed by atoms with Gasteiger partial charge >= 0.3 is 31.5 Å². The van der Waals surface area contributed by atoms with Crippen molar-refractivity contribution in [3.63, 3.8) is 0 Å². The molecule has 0 aromatic carbocycles. The van der Waals surface area contributed by atoms with Gasteiger partial charge < -0.3 is 72.5 Å². The van der Waals surface area contributed by atoms with Crippen molar-refractivity contribution in [3.8, 4) is 11.4 Å². The van der Waals surface area contributed by atoms with Gasteiger partial charge in [-0.05, 0) is 164 Å². The molecule has 2 N–H and O–H groups in total. The third-order valence-electron chi connectivity index (χ3n) is 17.2. The molecule has 0 aliphatic carbocycles. The average molecular weight is 1630 g/mol. The number of imide groups is 2. The summed E-state index contributed by atoms with van der Waals surface area (Å²) in [7, 11) is -1.16. The molecule has 12 heterocycles. The molecule has 7 aliphatic heterocycles. The Morgan fingerprint density at radius 3 is 1.26 bits per heavy atom. The Kier molecular flexibility index (Phi) is 27.0. The number of aromatic nitrogens is 12. The Labute approximate surface area is 640 Å². The highest BCUT2D eigenvalue weighted by molar-refractivity contribution is 9.10. The first kappa shape index (κ1) is 84.9. The number of nitrogens with two attached hydrogens (primary N) is 1. The highest BCUT2D eigenvalue weighted by atomic mass is 79.9. The molecule has 4 bridgehead atoms. The molecule has 42 heteroatoms. The van der Waals surface area contributed by atoms with E-state index in [9.17, 15) is 45.5 Å². The molecule has 0 saturated carbocycles. The number of alkyl halides is 6. The fourth-order valence-electron chi connectivity index (χ4n) is 11.7. The number of fused-ring (bicyclic) bond motifs is 4. The Bertz CT molecular complexity index is 3920. The van der Waals surface area contributed by atoms with E-state index in [-0.39, 0.29) is 44.6 Å². The zero-order valence-electron chi connectivity index (χ0n) is 63.5. The van der Waals surface area contributed by atoms with Crippen molar-refractivity contribution >= 4 is 106 Å². The van der Waals surface area contributed by atoms with Gasteiger partial charge in [0.15, 0.2) is 5.82 Å². The van der Waals surface area contributed by atoms with Crippen LogP contribution in [-0.2, 0) is 47.2 Å². The summed E-state index contributed by atoms with van der Waals surface area (Å²) >= 11 is 9.02. The molecule has 0 spiro atoms. The Morgan fingerprint density at radius 2 is 0.862 bits per heavy atom. The molecule has 4 unspecified atom stereocenters. The third-order valence-corrected chi connectivity index (χ3v) is 18.0. The number of nitrogen functional groups attached to an aromatic ring is 1. The Morgan fingerprint density at radius 1 is 0.505 bits per heavy atom. The van der Waals surface area contributed by atoms with Crippen LogP contribution < -0.4 is 40.6 Å². The van der Waals surface area contributed by atoms with E-state index in [2.05, 4.69) is 85.5 Å². The van der Waals surface area contributed by atoms with Crippen molar-refractivity contribution in [2.24, 2.45) is 0 Å². The van der Waals surface area contributed by atoms with Crippen molar-refractivity contribution in [1.29, 1.82) is 0 Å². The van der Waals surface area contributed by atoms with Gasteiger partial charge in [0.2, 0.25) is 46.9 Å². The number of morpholine rings is 4. The number of hydrogen-bond donors (Lipinski definition) is 1. The third kappa shape index (κ3) is 22.2. The fourth-order valence-corrected chi connectivity index (χ4v) is 12.2. The summed E-state index contributed by atoms with van der Waals surface area (Å²) in [5.74, 6) is 0.948. The molecule has 7 saturated heterocycles. The predicted octanol–water partition coefficient (Wildman–Crippen LogP) is 11.0. The molecule has 4 atom stereocenters. The highest BCUT2D eigenvalue weighted by Crippen LogP contribution is 2.40. The summed E-state index contributed by atoms with van der Waals surface area (Å²) in [4.78, 5) is 109. The van der Waals surface area contributed by atoms with Gasteiger partial charge in [0.1, 0.15) is 39.5 Å². The summed E-state index contributed by atoms with van der Waals surface area (Å²) in [5, 5.41) is 0.257. The normalized spacial score (nSPS) is 20.3. The van der Waals surface area contributed by atoms with E-state index in [1.54, 1.807) is 111 Å². The number of carbonyl (C=O) groups is 4. The number of amides is 4. The number of ether oxygens (including phenoxy) is 8. The van der Waals surface area contributed by atoms with Crippen molar-refractivity contribution in [3.05, 3.63) is 45.4 Å². The molecule has 5 aromatic heterocycles. The van der Waals surface area contributed by atoms with Crippen LogP contribution in [0.4, 0.5) is 87.2 Å². The first-order chi connectivity index (χ1) is 50.9. The highest BCUT2D eigenvalue weighted by Gasteiger charge is 2.54. The maximum Gasteiger partial charge on any atom is 0.498 e. The first-order valence-corrected chi connectivity index (χ1v) is 36.3. The van der Waals surface area contributed by atoms with Gasteiger partial charge in [-0.2, -0.15) is 29.9 Å². The monoisotopic (exact) mass is 1630 g/mol. The molecule has 0 radical (unpaired) electrons. The van der Waals surface area contributed by atoms with Gasteiger partial charge in [-0.3, -0.25) is 0 Å². The summed E-state index contributed by atoms with van der Waals surface area (Å²) < 4.78 is 136. The van der Waals surface area contributed by atoms with Gasteiger partial charge in [0.05, 0.1) is 98.3 Å². The molecule has 7 fully saturated rings. The number of hydrogen-bond acceptors (Lipinski definition) is 31. The number of halogens is 8. The van der Waals surface area contributed by atoms with Crippen LogP contribution in [0.25, 0.3) is 11.4 Å². The SMILES string of the molecule is CC(C)(C)OC(=O)N(C(=O)OC(C)(C)C)c1ncc(B2OC(C)(C)C(C)(C)O2)c(C(F)F)n1.CC(C)(C)OC(=O)N(C(=O)OC(C)(C)C)c1ncc(Br)c(C(F)F)n1.Clc1nc(N2CCOCC2)nc(N2C3CCC2COC3)n1.Nc1ncc(-c2nc(N3CCOCC3)nc(N3C4CCC3COC4)n2)c(C(F)F)n1. The molecular formula is C67H92BBrClF6N19O14. The smallest absolute Gasteiger partial charge is 0.443 e. The van der Waals surface area contributed by atoms with Crippen molar-refractivity contribution in [1.82, 2.24) is 59.8 Å². The van der Waals surface area contributed by atoms with Crippen LogP contribution >= 0.6 is 27.5 Å². The van der Waals surface area contributed by atoms with E-state index in [1.165, 1.54) is 6.20 Å². The van der Waals surface area contributed by atoms with Crippen LogP contribution in [0.5, 0.6) is 0 Å². The number of anilines is 7. The van der Waals surface area contributed by atoms with Gasteiger partial charge in [-0.25, -0.2) is 75.4 Å². The van der Waals surface area contributed by atoms with Crippen molar-refractivity contribution in [2.45, 2.75) is 214 Å². The van der Waals surface area contributed by atoms with Gasteiger partial charge in [-0.15, -0.1) is 9.80 Å². The molecule has 7 aliphatic rings. The van der Waals surface area contributed by atoms with Crippen molar-refractivity contribution in [2.75, 3.05) is 114 Å². The summed E-state index contributed by atoms with van der Waals surface area (Å²) in [6.45, 7) is 34.1. The second kappa shape index (κ2) is 34.7. The lowest BCUT2D eigenvalue weighted by atomic mass is 9.79. The molecule has 5 aromatic rings. The van der Waals surface area contributed by atoms with E-state index >= 15 is 0 Å². The van der Waals surface area contributed by atoms with E-state index in [0.29, 0.717) is 98.4 Å².